The van der Waals surface area contributed by atoms with Crippen molar-refractivity contribution in [2.24, 2.45) is 0 Å². The Labute approximate surface area is 151 Å². The summed E-state index contributed by atoms with van der Waals surface area (Å²) in [4.78, 5) is 27.7. The molecule has 0 unspecified atom stereocenters. The van der Waals surface area contributed by atoms with Crippen LogP contribution in [0.4, 0.5) is 5.82 Å². The van der Waals surface area contributed by atoms with E-state index in [4.69, 9.17) is 21.1 Å². The van der Waals surface area contributed by atoms with E-state index in [2.05, 4.69) is 10.3 Å². The molecule has 0 saturated heterocycles. The molecule has 7 heteroatoms. The van der Waals surface area contributed by atoms with Crippen molar-refractivity contribution in [3.05, 3.63) is 53.2 Å². The van der Waals surface area contributed by atoms with Gasteiger partial charge in [-0.25, -0.2) is 4.98 Å². The van der Waals surface area contributed by atoms with Crippen molar-refractivity contribution in [2.75, 3.05) is 11.9 Å². The van der Waals surface area contributed by atoms with Gasteiger partial charge in [0.15, 0.2) is 6.10 Å². The zero-order chi connectivity index (χ0) is 18.2. The number of hydrogen-bond donors (Lipinski definition) is 1. The summed E-state index contributed by atoms with van der Waals surface area (Å²) in [5.41, 5.74) is 1.13. The Kier molecular flexibility index (Phi) is 6.77. The van der Waals surface area contributed by atoms with Gasteiger partial charge in [-0.2, -0.15) is 0 Å². The molecule has 1 aromatic carbocycles. The van der Waals surface area contributed by atoms with Gasteiger partial charge in [0.25, 0.3) is 5.91 Å². The summed E-state index contributed by atoms with van der Waals surface area (Å²) in [6.45, 7) is 3.64. The highest BCUT2D eigenvalue weighted by molar-refractivity contribution is 6.30. The summed E-state index contributed by atoms with van der Waals surface area (Å²) in [5.74, 6) is 0.0273. The Morgan fingerprint density at radius 1 is 1.20 bits per heavy atom. The largest absolute Gasteiger partial charge is 0.493 e. The third-order valence-corrected chi connectivity index (χ3v) is 3.48. The lowest BCUT2D eigenvalue weighted by atomic mass is 10.2. The summed E-state index contributed by atoms with van der Waals surface area (Å²) in [6, 6.07) is 10.7. The average molecular weight is 363 g/mol. The van der Waals surface area contributed by atoms with Gasteiger partial charge in [-0.15, -0.1) is 0 Å². The zero-order valence-electron chi connectivity index (χ0n) is 14.0. The van der Waals surface area contributed by atoms with Crippen molar-refractivity contribution in [2.45, 2.75) is 26.4 Å². The molecule has 0 aliphatic carbocycles. The van der Waals surface area contributed by atoms with Crippen molar-refractivity contribution in [3.8, 4) is 5.75 Å². The van der Waals surface area contributed by atoms with Crippen LogP contribution in [0.25, 0.3) is 0 Å². The van der Waals surface area contributed by atoms with Crippen LogP contribution in [0.2, 0.25) is 5.02 Å². The SMILES string of the molecule is Cc1ccc(OCCC(=O)O[C@@H](C)C(=O)Nc2ccc(Cl)cn2)cc1. The lowest BCUT2D eigenvalue weighted by Crippen LogP contribution is -2.30. The van der Waals surface area contributed by atoms with E-state index < -0.39 is 18.0 Å². The van der Waals surface area contributed by atoms with Gasteiger partial charge in [0.05, 0.1) is 18.1 Å². The number of carbonyl (C=O) groups excluding carboxylic acids is 2. The molecule has 1 aromatic heterocycles. The summed E-state index contributed by atoms with van der Waals surface area (Å²) in [6.07, 6.45) is 0.519. The molecule has 25 heavy (non-hydrogen) atoms. The number of anilines is 1. The molecule has 0 fully saturated rings. The van der Waals surface area contributed by atoms with Gasteiger partial charge < -0.3 is 14.8 Å². The molecule has 132 valence electrons. The van der Waals surface area contributed by atoms with E-state index in [1.807, 2.05) is 31.2 Å². The van der Waals surface area contributed by atoms with Crippen LogP contribution in [0.1, 0.15) is 18.9 Å². The molecule has 1 atom stereocenters. The summed E-state index contributed by atoms with van der Waals surface area (Å²) in [7, 11) is 0. The highest BCUT2D eigenvalue weighted by Gasteiger charge is 2.18. The molecule has 1 amide bonds. The number of aryl methyl sites for hydroxylation is 1. The van der Waals surface area contributed by atoms with Gasteiger partial charge >= 0.3 is 5.97 Å². The molecule has 0 aliphatic heterocycles. The normalized spacial score (nSPS) is 11.5. The molecule has 0 bridgehead atoms. The Morgan fingerprint density at radius 3 is 2.56 bits per heavy atom. The van der Waals surface area contributed by atoms with Crippen LogP contribution in [-0.2, 0) is 14.3 Å². The molecule has 2 rings (SSSR count). The van der Waals surface area contributed by atoms with Crippen LogP contribution in [-0.4, -0.2) is 29.6 Å². The van der Waals surface area contributed by atoms with Gasteiger partial charge in [0, 0.05) is 6.20 Å². The molecule has 0 aliphatic rings. The quantitative estimate of drug-likeness (QED) is 0.764. The molecule has 0 radical (unpaired) electrons. The number of nitrogens with zero attached hydrogens (tertiary/aromatic N) is 1. The third-order valence-electron chi connectivity index (χ3n) is 3.25. The standard InChI is InChI=1S/C18H19ClN2O4/c1-12-3-6-15(7-4-12)24-10-9-17(22)25-13(2)18(23)21-16-8-5-14(19)11-20-16/h3-8,11,13H,9-10H2,1-2H3,(H,20,21,23)/t13-/m0/s1. The van der Waals surface area contributed by atoms with Crippen molar-refractivity contribution >= 4 is 29.3 Å². The Balaban J connectivity index is 1.72. The number of pyridine rings is 1. The fraction of sp³-hybridized carbons (Fsp3) is 0.278. The number of nitrogens with one attached hydrogen (secondary N) is 1. The molecular formula is C18H19ClN2O4. The molecule has 1 heterocycles. The molecule has 1 N–H and O–H groups in total. The van der Waals surface area contributed by atoms with E-state index in [0.717, 1.165) is 5.56 Å². The van der Waals surface area contributed by atoms with Crippen LogP contribution in [0, 0.1) is 6.92 Å². The first-order valence-electron chi connectivity index (χ1n) is 7.75. The maximum atomic E-state index is 12.0. The molecule has 0 saturated carbocycles. The third kappa shape index (κ3) is 6.43. The topological polar surface area (TPSA) is 77.5 Å². The number of ether oxygens (including phenoxy) is 2. The van der Waals surface area contributed by atoms with E-state index in [0.29, 0.717) is 16.6 Å². The number of benzene rings is 1. The minimum atomic E-state index is -0.940. The monoisotopic (exact) mass is 362 g/mol. The second kappa shape index (κ2) is 9.03. The number of halogens is 1. The minimum Gasteiger partial charge on any atom is -0.493 e. The second-order valence-electron chi connectivity index (χ2n) is 5.39. The maximum absolute atomic E-state index is 12.0. The average Bonchev–Trinajstić information content (AvgIpc) is 2.58. The van der Waals surface area contributed by atoms with Crippen molar-refractivity contribution in [1.29, 1.82) is 0 Å². The lowest BCUT2D eigenvalue weighted by Gasteiger charge is -2.13. The molecular weight excluding hydrogens is 344 g/mol. The highest BCUT2D eigenvalue weighted by atomic mass is 35.5. The van der Waals surface area contributed by atoms with Gasteiger partial charge in [0.2, 0.25) is 0 Å². The van der Waals surface area contributed by atoms with Gasteiger partial charge in [-0.3, -0.25) is 9.59 Å². The first-order valence-corrected chi connectivity index (χ1v) is 8.13. The number of rotatable bonds is 7. The Bertz CT molecular complexity index is 717. The number of aromatic nitrogens is 1. The summed E-state index contributed by atoms with van der Waals surface area (Å²) in [5, 5.41) is 3.01. The van der Waals surface area contributed by atoms with Crippen LogP contribution in [0.15, 0.2) is 42.6 Å². The molecule has 2 aromatic rings. The molecule has 0 spiro atoms. The Hall–Kier alpha value is -2.60. The van der Waals surface area contributed by atoms with Crippen LogP contribution >= 0.6 is 11.6 Å². The van der Waals surface area contributed by atoms with E-state index >= 15 is 0 Å². The molecule has 6 nitrogen and oxygen atoms in total. The minimum absolute atomic E-state index is 0.0463. The summed E-state index contributed by atoms with van der Waals surface area (Å²) >= 11 is 5.72. The number of amides is 1. The smallest absolute Gasteiger partial charge is 0.310 e. The van der Waals surface area contributed by atoms with Crippen molar-refractivity contribution in [1.82, 2.24) is 4.98 Å². The van der Waals surface area contributed by atoms with Gasteiger partial charge in [0.1, 0.15) is 11.6 Å². The predicted molar refractivity (Wildman–Crippen MR) is 94.7 cm³/mol. The fourth-order valence-corrected chi connectivity index (χ4v) is 1.99. The van der Waals surface area contributed by atoms with E-state index in [1.54, 1.807) is 12.1 Å². The fourth-order valence-electron chi connectivity index (χ4n) is 1.87. The van der Waals surface area contributed by atoms with E-state index in [-0.39, 0.29) is 13.0 Å². The zero-order valence-corrected chi connectivity index (χ0v) is 14.7. The highest BCUT2D eigenvalue weighted by Crippen LogP contribution is 2.12. The summed E-state index contributed by atoms with van der Waals surface area (Å²) < 4.78 is 10.5. The van der Waals surface area contributed by atoms with Crippen LogP contribution in [0.3, 0.4) is 0 Å². The lowest BCUT2D eigenvalue weighted by molar-refractivity contribution is -0.153. The van der Waals surface area contributed by atoms with Crippen molar-refractivity contribution in [3.63, 3.8) is 0 Å². The Morgan fingerprint density at radius 2 is 1.92 bits per heavy atom. The maximum Gasteiger partial charge on any atom is 0.310 e. The first kappa shape index (κ1) is 18.7. The number of hydrogen-bond acceptors (Lipinski definition) is 5. The van der Waals surface area contributed by atoms with E-state index in [1.165, 1.54) is 13.1 Å². The van der Waals surface area contributed by atoms with Crippen molar-refractivity contribution < 1.29 is 19.1 Å². The predicted octanol–water partition coefficient (Wildman–Crippen LogP) is 3.38. The van der Waals surface area contributed by atoms with Crippen LogP contribution in [0.5, 0.6) is 5.75 Å². The first-order chi connectivity index (χ1) is 11.9. The second-order valence-corrected chi connectivity index (χ2v) is 5.83. The van der Waals surface area contributed by atoms with Crippen LogP contribution < -0.4 is 10.1 Å². The number of carbonyl (C=O) groups is 2. The van der Waals surface area contributed by atoms with E-state index in [9.17, 15) is 9.59 Å². The van der Waals surface area contributed by atoms with Gasteiger partial charge in [-0.1, -0.05) is 29.3 Å². The number of esters is 1. The van der Waals surface area contributed by atoms with Gasteiger partial charge in [-0.05, 0) is 38.1 Å².